The minimum absolute atomic E-state index is 0.0158. The van der Waals surface area contributed by atoms with Gasteiger partial charge in [-0.1, -0.05) is 0 Å². The van der Waals surface area contributed by atoms with Gasteiger partial charge in [-0.2, -0.15) is 13.2 Å². The maximum Gasteiger partial charge on any atom is 0.573 e. The van der Waals surface area contributed by atoms with Crippen LogP contribution in [0.15, 0.2) is 6.20 Å². The van der Waals surface area contributed by atoms with Gasteiger partial charge in [-0.05, 0) is 29.5 Å². The van der Waals surface area contributed by atoms with Crippen LogP contribution in [0, 0.1) is 3.57 Å². The van der Waals surface area contributed by atoms with E-state index >= 15 is 0 Å². The molecule has 0 unspecified atom stereocenters. The van der Waals surface area contributed by atoms with Crippen LogP contribution in [0.4, 0.5) is 26.3 Å². The van der Waals surface area contributed by atoms with Gasteiger partial charge in [0.05, 0.1) is 22.3 Å². The van der Waals surface area contributed by atoms with Crippen LogP contribution in [0.5, 0.6) is 5.75 Å². The zero-order valence-electron chi connectivity index (χ0n) is 10.8. The fourth-order valence-corrected chi connectivity index (χ4v) is 2.13. The SMILES string of the molecule is CCOC(=O)Cc1ncc(C(F)(F)F)c(OC(F)(F)F)c1I. The van der Waals surface area contributed by atoms with Gasteiger partial charge < -0.3 is 9.47 Å². The maximum atomic E-state index is 12.7. The summed E-state index contributed by atoms with van der Waals surface area (Å²) in [6, 6.07) is 0. The standard InChI is InChI=1S/C11H8F6INO3/c1-2-21-7(20)3-6-8(18)9(22-11(15,16)17)5(4-19-6)10(12,13)14/h4H,2-3H2,1H3. The van der Waals surface area contributed by atoms with Gasteiger partial charge in [0.1, 0.15) is 5.56 Å². The average Bonchev–Trinajstić information content (AvgIpc) is 2.31. The van der Waals surface area contributed by atoms with Gasteiger partial charge in [-0.3, -0.25) is 9.78 Å². The highest BCUT2D eigenvalue weighted by atomic mass is 127. The number of carbonyl (C=O) groups excluding carboxylic acids is 1. The molecule has 1 heterocycles. The second-order valence-electron chi connectivity index (χ2n) is 3.79. The molecule has 1 aromatic heterocycles. The third-order valence-corrected chi connectivity index (χ3v) is 3.30. The molecule has 4 nitrogen and oxygen atoms in total. The molecule has 0 saturated carbocycles. The van der Waals surface area contributed by atoms with Gasteiger partial charge in [0.2, 0.25) is 0 Å². The molecule has 0 spiro atoms. The van der Waals surface area contributed by atoms with E-state index in [0.717, 1.165) is 0 Å². The normalized spacial score (nSPS) is 12.2. The summed E-state index contributed by atoms with van der Waals surface area (Å²) in [5.41, 5.74) is -1.98. The van der Waals surface area contributed by atoms with Gasteiger partial charge in [0.15, 0.2) is 5.75 Å². The van der Waals surface area contributed by atoms with E-state index < -0.39 is 39.8 Å². The van der Waals surface area contributed by atoms with E-state index in [9.17, 15) is 31.1 Å². The molecule has 0 aliphatic heterocycles. The van der Waals surface area contributed by atoms with Crippen molar-refractivity contribution >= 4 is 28.6 Å². The first-order valence-electron chi connectivity index (χ1n) is 5.61. The summed E-state index contributed by atoms with van der Waals surface area (Å²) in [5, 5.41) is 0. The smallest absolute Gasteiger partial charge is 0.466 e. The molecule has 0 atom stereocenters. The van der Waals surface area contributed by atoms with E-state index in [1.165, 1.54) is 29.5 Å². The van der Waals surface area contributed by atoms with Crippen LogP contribution in [0.1, 0.15) is 18.2 Å². The third kappa shape index (κ3) is 5.18. The Kier molecular flexibility index (Phi) is 5.87. The van der Waals surface area contributed by atoms with Crippen molar-refractivity contribution in [2.75, 3.05) is 6.61 Å². The van der Waals surface area contributed by atoms with Crippen molar-refractivity contribution in [3.8, 4) is 5.75 Å². The zero-order chi connectivity index (χ0) is 17.1. The van der Waals surface area contributed by atoms with Crippen molar-refractivity contribution in [2.24, 2.45) is 0 Å². The minimum Gasteiger partial charge on any atom is -0.466 e. The molecule has 0 aliphatic carbocycles. The number of aromatic nitrogens is 1. The summed E-state index contributed by atoms with van der Waals surface area (Å²) in [6.45, 7) is 1.52. The van der Waals surface area contributed by atoms with Crippen LogP contribution in [-0.4, -0.2) is 23.9 Å². The Morgan fingerprint density at radius 2 is 1.86 bits per heavy atom. The monoisotopic (exact) mass is 443 g/mol. The van der Waals surface area contributed by atoms with E-state index in [0.29, 0.717) is 0 Å². The molecule has 0 aliphatic rings. The molecule has 22 heavy (non-hydrogen) atoms. The van der Waals surface area contributed by atoms with Gasteiger partial charge in [-0.25, -0.2) is 0 Å². The first kappa shape index (κ1) is 18.8. The van der Waals surface area contributed by atoms with E-state index in [-0.39, 0.29) is 18.5 Å². The highest BCUT2D eigenvalue weighted by Gasteiger charge is 2.41. The summed E-state index contributed by atoms with van der Waals surface area (Å²) in [7, 11) is 0. The molecule has 0 amide bonds. The number of rotatable bonds is 4. The quantitative estimate of drug-likeness (QED) is 0.405. The lowest BCUT2D eigenvalue weighted by Gasteiger charge is -2.17. The summed E-state index contributed by atoms with van der Waals surface area (Å²) in [6.07, 6.45) is -10.8. The topological polar surface area (TPSA) is 48.4 Å². The second-order valence-corrected chi connectivity index (χ2v) is 4.87. The Bertz CT molecular complexity index is 558. The lowest BCUT2D eigenvalue weighted by molar-refractivity contribution is -0.276. The van der Waals surface area contributed by atoms with Crippen molar-refractivity contribution < 1.29 is 40.6 Å². The van der Waals surface area contributed by atoms with Crippen molar-refractivity contribution in [1.82, 2.24) is 4.98 Å². The van der Waals surface area contributed by atoms with E-state index in [4.69, 9.17) is 0 Å². The molecule has 0 N–H and O–H groups in total. The molecule has 124 valence electrons. The number of nitrogens with zero attached hydrogens (tertiary/aromatic N) is 1. The number of pyridine rings is 1. The number of hydrogen-bond acceptors (Lipinski definition) is 4. The van der Waals surface area contributed by atoms with Crippen molar-refractivity contribution in [2.45, 2.75) is 25.9 Å². The summed E-state index contributed by atoms with van der Waals surface area (Å²) in [4.78, 5) is 14.7. The number of carbonyl (C=O) groups is 1. The molecule has 0 saturated heterocycles. The predicted octanol–water partition coefficient (Wildman–Crippen LogP) is 3.71. The Balaban J connectivity index is 3.30. The average molecular weight is 443 g/mol. The lowest BCUT2D eigenvalue weighted by atomic mass is 10.2. The Morgan fingerprint density at radius 1 is 1.27 bits per heavy atom. The van der Waals surface area contributed by atoms with E-state index in [1.54, 1.807) is 0 Å². The molecule has 1 aromatic rings. The van der Waals surface area contributed by atoms with Crippen LogP contribution in [-0.2, 0) is 22.1 Å². The maximum absolute atomic E-state index is 12.7. The Hall–Kier alpha value is -1.27. The highest BCUT2D eigenvalue weighted by Crippen LogP contribution is 2.41. The number of ether oxygens (including phenoxy) is 2. The molecule has 1 rings (SSSR count). The van der Waals surface area contributed by atoms with Crippen LogP contribution < -0.4 is 4.74 Å². The fourth-order valence-electron chi connectivity index (χ4n) is 1.40. The van der Waals surface area contributed by atoms with Crippen LogP contribution >= 0.6 is 22.6 Å². The van der Waals surface area contributed by atoms with Gasteiger partial charge >= 0.3 is 18.5 Å². The third-order valence-electron chi connectivity index (χ3n) is 2.19. The first-order chi connectivity index (χ1) is 9.95. The highest BCUT2D eigenvalue weighted by molar-refractivity contribution is 14.1. The predicted molar refractivity (Wildman–Crippen MR) is 69.0 cm³/mol. The molecule has 0 radical (unpaired) electrons. The second kappa shape index (κ2) is 6.87. The zero-order valence-corrected chi connectivity index (χ0v) is 13.0. The Morgan fingerprint density at radius 3 is 2.32 bits per heavy atom. The van der Waals surface area contributed by atoms with Crippen LogP contribution in [0.25, 0.3) is 0 Å². The molecule has 11 heteroatoms. The Labute approximate surface area is 133 Å². The van der Waals surface area contributed by atoms with Gasteiger partial charge in [0.25, 0.3) is 0 Å². The van der Waals surface area contributed by atoms with E-state index in [1.807, 2.05) is 0 Å². The van der Waals surface area contributed by atoms with Crippen LogP contribution in [0.2, 0.25) is 0 Å². The van der Waals surface area contributed by atoms with Crippen molar-refractivity contribution in [3.05, 3.63) is 21.0 Å². The van der Waals surface area contributed by atoms with Crippen molar-refractivity contribution in [3.63, 3.8) is 0 Å². The first-order valence-corrected chi connectivity index (χ1v) is 6.69. The summed E-state index contributed by atoms with van der Waals surface area (Å²) in [5.74, 6) is -2.26. The van der Waals surface area contributed by atoms with Crippen LogP contribution in [0.3, 0.4) is 0 Å². The largest absolute Gasteiger partial charge is 0.573 e. The number of alkyl halides is 6. The number of halogens is 7. The molecule has 0 aromatic carbocycles. The van der Waals surface area contributed by atoms with Gasteiger partial charge in [-0.15, -0.1) is 13.2 Å². The van der Waals surface area contributed by atoms with Crippen molar-refractivity contribution in [1.29, 1.82) is 0 Å². The molecule has 0 bridgehead atoms. The fraction of sp³-hybridized carbons (Fsp3) is 0.455. The summed E-state index contributed by atoms with van der Waals surface area (Å²) < 4.78 is 82.6. The molecular formula is C11H8F6INO3. The lowest BCUT2D eigenvalue weighted by Crippen LogP contribution is -2.22. The number of hydrogen-bond donors (Lipinski definition) is 0. The van der Waals surface area contributed by atoms with E-state index in [2.05, 4.69) is 14.5 Å². The summed E-state index contributed by atoms with van der Waals surface area (Å²) >= 11 is 1.21. The number of esters is 1. The molecular weight excluding hydrogens is 435 g/mol. The van der Waals surface area contributed by atoms with Gasteiger partial charge in [0, 0.05) is 6.20 Å². The minimum atomic E-state index is -5.32. The molecule has 0 fully saturated rings.